The van der Waals surface area contributed by atoms with Crippen LogP contribution in [0.1, 0.15) is 26.3 Å². The van der Waals surface area contributed by atoms with Crippen molar-refractivity contribution in [1.82, 2.24) is 9.88 Å². The van der Waals surface area contributed by atoms with Crippen molar-refractivity contribution in [3.8, 4) is 5.88 Å². The van der Waals surface area contributed by atoms with Crippen LogP contribution in [0.25, 0.3) is 0 Å². The lowest BCUT2D eigenvalue weighted by Gasteiger charge is -2.33. The molecule has 4 heteroatoms. The third-order valence-electron chi connectivity index (χ3n) is 3.17. The molecule has 2 rings (SSSR count). The summed E-state index contributed by atoms with van der Waals surface area (Å²) in [6, 6.07) is 3.94. The number of hydrogen-bond donors (Lipinski definition) is 0. The van der Waals surface area contributed by atoms with Gasteiger partial charge in [-0.2, -0.15) is 0 Å². The number of nitrogens with zero attached hydrogens (tertiary/aromatic N) is 2. The van der Waals surface area contributed by atoms with E-state index < -0.39 is 6.17 Å². The molecule has 0 spiro atoms. The topological polar surface area (TPSA) is 25.4 Å². The monoisotopic (exact) mass is 252 g/mol. The van der Waals surface area contributed by atoms with E-state index in [1.54, 1.807) is 0 Å². The van der Waals surface area contributed by atoms with Gasteiger partial charge in [0, 0.05) is 31.9 Å². The summed E-state index contributed by atoms with van der Waals surface area (Å²) in [5, 5.41) is 0. The number of rotatable bonds is 4. The van der Waals surface area contributed by atoms with Gasteiger partial charge in [0.05, 0.1) is 0 Å². The van der Waals surface area contributed by atoms with E-state index in [0.717, 1.165) is 6.54 Å². The molecule has 1 aliphatic rings. The van der Waals surface area contributed by atoms with Gasteiger partial charge in [-0.05, 0) is 11.0 Å². The second kappa shape index (κ2) is 5.22. The normalized spacial score (nSPS) is 17.6. The summed E-state index contributed by atoms with van der Waals surface area (Å²) in [5.74, 6) is 0.639. The van der Waals surface area contributed by atoms with Crippen LogP contribution in [0.15, 0.2) is 18.3 Å². The van der Waals surface area contributed by atoms with Crippen LogP contribution in [-0.4, -0.2) is 42.3 Å². The van der Waals surface area contributed by atoms with Gasteiger partial charge in [-0.3, -0.25) is 4.90 Å². The molecule has 0 radical (unpaired) electrons. The number of hydrogen-bond acceptors (Lipinski definition) is 3. The van der Waals surface area contributed by atoms with Crippen molar-refractivity contribution in [2.75, 3.05) is 26.2 Å². The van der Waals surface area contributed by atoms with Crippen LogP contribution in [0.5, 0.6) is 5.88 Å². The number of ether oxygens (including phenoxy) is 1. The Labute approximate surface area is 108 Å². The molecule has 0 unspecified atom stereocenters. The molecule has 0 aromatic carbocycles. The van der Waals surface area contributed by atoms with E-state index >= 15 is 0 Å². The highest BCUT2D eigenvalue weighted by Gasteiger charge is 2.25. The lowest BCUT2D eigenvalue weighted by Crippen LogP contribution is -2.49. The van der Waals surface area contributed by atoms with Crippen LogP contribution in [0, 0.1) is 0 Å². The number of pyridine rings is 1. The molecular weight excluding hydrogens is 231 g/mol. The molecule has 2 heterocycles. The minimum Gasteiger partial charge on any atom is -0.476 e. The number of alkyl halides is 1. The van der Waals surface area contributed by atoms with Gasteiger partial charge < -0.3 is 4.74 Å². The summed E-state index contributed by atoms with van der Waals surface area (Å²) >= 11 is 0. The van der Waals surface area contributed by atoms with Crippen molar-refractivity contribution >= 4 is 0 Å². The molecule has 0 aliphatic carbocycles. The molecule has 3 nitrogen and oxygen atoms in total. The van der Waals surface area contributed by atoms with Gasteiger partial charge in [0.2, 0.25) is 5.88 Å². The summed E-state index contributed by atoms with van der Waals surface area (Å²) < 4.78 is 18.1. The maximum atomic E-state index is 12.6. The van der Waals surface area contributed by atoms with Crippen LogP contribution in [0.4, 0.5) is 4.39 Å². The van der Waals surface area contributed by atoms with Gasteiger partial charge in [-0.15, -0.1) is 0 Å². The molecule has 1 fully saturated rings. The summed E-state index contributed by atoms with van der Waals surface area (Å²) in [7, 11) is 0. The molecular formula is C14H21FN2O. The Morgan fingerprint density at radius 3 is 2.61 bits per heavy atom. The third kappa shape index (κ3) is 3.42. The molecule has 1 saturated heterocycles. The first-order valence-corrected chi connectivity index (χ1v) is 6.41. The summed E-state index contributed by atoms with van der Waals surface area (Å²) in [6.45, 7) is 8.88. The van der Waals surface area contributed by atoms with E-state index in [4.69, 9.17) is 4.74 Å². The van der Waals surface area contributed by atoms with E-state index in [0.29, 0.717) is 25.6 Å². The van der Waals surface area contributed by atoms with Gasteiger partial charge in [-0.25, -0.2) is 9.37 Å². The first-order valence-electron chi connectivity index (χ1n) is 6.41. The zero-order chi connectivity index (χ0) is 13.2. The maximum Gasteiger partial charge on any atom is 0.213 e. The van der Waals surface area contributed by atoms with Crippen molar-refractivity contribution in [2.45, 2.75) is 32.4 Å². The highest BCUT2D eigenvalue weighted by molar-refractivity contribution is 5.23. The van der Waals surface area contributed by atoms with Crippen LogP contribution >= 0.6 is 0 Å². The van der Waals surface area contributed by atoms with Crippen molar-refractivity contribution in [2.24, 2.45) is 0 Å². The number of halogens is 1. The van der Waals surface area contributed by atoms with Gasteiger partial charge >= 0.3 is 0 Å². The molecule has 1 aromatic rings. The molecule has 18 heavy (non-hydrogen) atoms. The van der Waals surface area contributed by atoms with Crippen LogP contribution in [0.2, 0.25) is 0 Å². The average molecular weight is 252 g/mol. The molecule has 0 saturated carbocycles. The van der Waals surface area contributed by atoms with E-state index in [1.807, 2.05) is 23.2 Å². The summed E-state index contributed by atoms with van der Waals surface area (Å²) in [4.78, 5) is 6.32. The molecule has 1 aromatic heterocycles. The fraction of sp³-hybridized carbons (Fsp3) is 0.643. The SMILES string of the molecule is CC(C)(C)c1ccc(OCCN2CC(F)C2)nc1. The predicted molar refractivity (Wildman–Crippen MR) is 69.8 cm³/mol. The maximum absolute atomic E-state index is 12.6. The first-order chi connectivity index (χ1) is 8.45. The second-order valence-corrected chi connectivity index (χ2v) is 5.84. The Morgan fingerprint density at radius 2 is 2.11 bits per heavy atom. The average Bonchev–Trinajstić information content (AvgIpc) is 2.26. The minimum absolute atomic E-state index is 0.110. The molecule has 1 aliphatic heterocycles. The van der Waals surface area contributed by atoms with Crippen molar-refractivity contribution in [1.29, 1.82) is 0 Å². The lowest BCUT2D eigenvalue weighted by molar-refractivity contribution is 0.0533. The van der Waals surface area contributed by atoms with Crippen LogP contribution in [-0.2, 0) is 5.41 Å². The predicted octanol–water partition coefficient (Wildman–Crippen LogP) is 2.41. The second-order valence-electron chi connectivity index (χ2n) is 5.84. The Balaban J connectivity index is 1.76. The van der Waals surface area contributed by atoms with Gasteiger partial charge in [0.1, 0.15) is 12.8 Å². The molecule has 0 bridgehead atoms. The highest BCUT2D eigenvalue weighted by Crippen LogP contribution is 2.22. The molecule has 0 N–H and O–H groups in total. The van der Waals surface area contributed by atoms with E-state index in [2.05, 4.69) is 25.8 Å². The Bertz CT molecular complexity index is 380. The quantitative estimate of drug-likeness (QED) is 0.823. The largest absolute Gasteiger partial charge is 0.476 e. The number of aromatic nitrogens is 1. The fourth-order valence-corrected chi connectivity index (χ4v) is 1.88. The summed E-state index contributed by atoms with van der Waals surface area (Å²) in [5.41, 5.74) is 1.30. The van der Waals surface area contributed by atoms with Gasteiger partial charge in [0.25, 0.3) is 0 Å². The Hall–Kier alpha value is -1.16. The molecule has 0 atom stereocenters. The zero-order valence-electron chi connectivity index (χ0n) is 11.3. The zero-order valence-corrected chi connectivity index (χ0v) is 11.3. The molecule has 0 amide bonds. The van der Waals surface area contributed by atoms with E-state index in [-0.39, 0.29) is 5.41 Å². The lowest BCUT2D eigenvalue weighted by atomic mass is 9.88. The third-order valence-corrected chi connectivity index (χ3v) is 3.17. The van der Waals surface area contributed by atoms with Crippen molar-refractivity contribution < 1.29 is 9.13 Å². The van der Waals surface area contributed by atoms with Gasteiger partial charge in [0.15, 0.2) is 0 Å². The number of likely N-dealkylation sites (tertiary alicyclic amines) is 1. The van der Waals surface area contributed by atoms with Crippen LogP contribution in [0.3, 0.4) is 0 Å². The van der Waals surface area contributed by atoms with Gasteiger partial charge in [-0.1, -0.05) is 26.8 Å². The standard InChI is InChI=1S/C14H21FN2O/c1-14(2,3)11-4-5-13(16-8-11)18-7-6-17-9-12(15)10-17/h4-5,8,12H,6-7,9-10H2,1-3H3. The van der Waals surface area contributed by atoms with Crippen molar-refractivity contribution in [3.63, 3.8) is 0 Å². The summed E-state index contributed by atoms with van der Waals surface area (Å²) in [6.07, 6.45) is 1.21. The fourth-order valence-electron chi connectivity index (χ4n) is 1.88. The Kier molecular flexibility index (Phi) is 3.85. The smallest absolute Gasteiger partial charge is 0.213 e. The Morgan fingerprint density at radius 1 is 1.39 bits per heavy atom. The van der Waals surface area contributed by atoms with Crippen molar-refractivity contribution in [3.05, 3.63) is 23.9 Å². The van der Waals surface area contributed by atoms with Crippen LogP contribution < -0.4 is 4.74 Å². The first kappa shape index (κ1) is 13.3. The minimum atomic E-state index is -0.644. The molecule has 100 valence electrons. The highest BCUT2D eigenvalue weighted by atomic mass is 19.1. The van der Waals surface area contributed by atoms with E-state index in [9.17, 15) is 4.39 Å². The van der Waals surface area contributed by atoms with E-state index in [1.165, 1.54) is 5.56 Å².